The maximum Gasteiger partial charge on any atom is 0.312 e. The summed E-state index contributed by atoms with van der Waals surface area (Å²) in [6.45, 7) is 0.556. The molecule has 0 radical (unpaired) electrons. The number of methoxy groups -OCH3 is 2. The van der Waals surface area contributed by atoms with Gasteiger partial charge in [-0.1, -0.05) is 0 Å². The van der Waals surface area contributed by atoms with Crippen molar-refractivity contribution in [3.63, 3.8) is 0 Å². The molecule has 2 amide bonds. The van der Waals surface area contributed by atoms with Gasteiger partial charge in [-0.2, -0.15) is 0 Å². The predicted molar refractivity (Wildman–Crippen MR) is 59.2 cm³/mol. The molecule has 7 heteroatoms. The molecule has 0 aromatic carbocycles. The molecule has 0 rings (SSSR count). The summed E-state index contributed by atoms with van der Waals surface area (Å²) in [6.07, 6.45) is 2.26. The summed E-state index contributed by atoms with van der Waals surface area (Å²) >= 11 is 0. The molecule has 0 aromatic rings. The van der Waals surface area contributed by atoms with Crippen LogP contribution in [0.5, 0.6) is 0 Å². The summed E-state index contributed by atoms with van der Waals surface area (Å²) in [5.74, 6) is -0.918. The Morgan fingerprint density at radius 3 is 2.40 bits per heavy atom. The smallest absolute Gasteiger partial charge is 0.312 e. The molecule has 0 heterocycles. The van der Waals surface area contributed by atoms with E-state index in [2.05, 4.69) is 5.32 Å². The number of ether oxygens (including phenoxy) is 2. The van der Waals surface area contributed by atoms with Crippen LogP contribution < -0.4 is 11.1 Å². The van der Waals surface area contributed by atoms with E-state index in [1.807, 2.05) is 0 Å². The number of nitrogens with two attached hydrogens (primary N) is 1. The van der Waals surface area contributed by atoms with Gasteiger partial charge in [0.15, 0.2) is 10.5 Å². The number of unbranched alkanes of at least 4 members (excludes halogenated alkanes) is 1. The minimum Gasteiger partial charge on any atom is -0.380 e. The number of carbonyl (C=O) groups excluding carboxylic acids is 1. The second-order valence-electron chi connectivity index (χ2n) is 3.04. The Morgan fingerprint density at radius 2 is 2.00 bits per heavy atom. The fourth-order valence-electron chi connectivity index (χ4n) is 1.23. The van der Waals surface area contributed by atoms with Gasteiger partial charge < -0.3 is 25.0 Å². The summed E-state index contributed by atoms with van der Waals surface area (Å²) in [5, 5.41) is 2.51. The molecule has 6 nitrogen and oxygen atoms in total. The van der Waals surface area contributed by atoms with Crippen molar-refractivity contribution >= 4 is 16.5 Å². The molecule has 0 fully saturated rings. The quantitative estimate of drug-likeness (QED) is 0.324. The molecule has 0 saturated heterocycles. The van der Waals surface area contributed by atoms with Crippen LogP contribution in [0.1, 0.15) is 19.3 Å². The number of urea groups is 1. The van der Waals surface area contributed by atoms with Crippen molar-refractivity contribution in [1.29, 1.82) is 0 Å². The Balaban J connectivity index is 3.67. The Hall–Kier alpha value is -0.633. The minimum atomic E-state index is -0.918. The molecular formula is C8H20N2O4Si. The van der Waals surface area contributed by atoms with Crippen LogP contribution in [0.25, 0.3) is 0 Å². The number of primary amides is 1. The lowest BCUT2D eigenvalue weighted by Crippen LogP contribution is -2.36. The third-order valence-electron chi connectivity index (χ3n) is 2.14. The lowest BCUT2D eigenvalue weighted by Gasteiger charge is -2.29. The molecule has 0 atom stereocenters. The number of amides is 2. The third-order valence-corrected chi connectivity index (χ3v) is 2.76. The molecule has 90 valence electrons. The number of hydrogen-bond acceptors (Lipinski definition) is 4. The molecule has 0 bridgehead atoms. The minimum absolute atomic E-state index is 0.501. The Bertz CT molecular complexity index is 179. The summed E-state index contributed by atoms with van der Waals surface area (Å²) in [5.41, 5.74) is 4.92. The highest BCUT2D eigenvalue weighted by molar-refractivity contribution is 5.98. The predicted octanol–water partition coefficient (Wildman–Crippen LogP) is -0.931. The molecule has 0 aliphatic heterocycles. The van der Waals surface area contributed by atoms with Crippen molar-refractivity contribution in [1.82, 2.24) is 5.32 Å². The maximum atomic E-state index is 10.4. The number of carbonyl (C=O) groups is 1. The standard InChI is InChI=1S/C8H20N2O4Si/c1-12-8(13-2,14-15)5-3-4-6-10-7(9)11/h3-6H2,1-2,15H3,(H3,9,10,11). The Labute approximate surface area is 93.0 Å². The van der Waals surface area contributed by atoms with Crippen LogP contribution in [0.3, 0.4) is 0 Å². The lowest BCUT2D eigenvalue weighted by atomic mass is 10.2. The van der Waals surface area contributed by atoms with E-state index in [0.717, 1.165) is 12.8 Å². The molecular weight excluding hydrogens is 216 g/mol. The zero-order valence-corrected chi connectivity index (χ0v) is 11.5. The van der Waals surface area contributed by atoms with Gasteiger partial charge in [-0.3, -0.25) is 0 Å². The van der Waals surface area contributed by atoms with Crippen molar-refractivity contribution in [2.75, 3.05) is 20.8 Å². The van der Waals surface area contributed by atoms with Gasteiger partial charge in [0.25, 0.3) is 5.97 Å². The van der Waals surface area contributed by atoms with Crippen molar-refractivity contribution in [2.45, 2.75) is 25.2 Å². The van der Waals surface area contributed by atoms with Crippen LogP contribution in [0, 0.1) is 0 Å². The van der Waals surface area contributed by atoms with Crippen molar-refractivity contribution < 1.29 is 18.7 Å². The monoisotopic (exact) mass is 236 g/mol. The fourth-order valence-corrected chi connectivity index (χ4v) is 1.77. The fraction of sp³-hybridized carbons (Fsp3) is 0.875. The van der Waals surface area contributed by atoms with Crippen LogP contribution in [-0.2, 0) is 13.9 Å². The SMILES string of the molecule is COC(CCCCNC(N)=O)(OC)O[SiH3]. The molecule has 15 heavy (non-hydrogen) atoms. The first kappa shape index (κ1) is 14.4. The van der Waals surface area contributed by atoms with Gasteiger partial charge in [0, 0.05) is 27.2 Å². The molecule has 0 spiro atoms. The van der Waals surface area contributed by atoms with Gasteiger partial charge in [0.05, 0.1) is 0 Å². The van der Waals surface area contributed by atoms with Crippen molar-refractivity contribution in [3.05, 3.63) is 0 Å². The Kier molecular flexibility index (Phi) is 7.31. The van der Waals surface area contributed by atoms with E-state index in [-0.39, 0.29) is 0 Å². The van der Waals surface area contributed by atoms with Crippen LogP contribution in [0.2, 0.25) is 0 Å². The first-order valence-corrected chi connectivity index (χ1v) is 5.60. The molecule has 0 aliphatic rings. The van der Waals surface area contributed by atoms with E-state index >= 15 is 0 Å². The van der Waals surface area contributed by atoms with Gasteiger partial charge in [-0.25, -0.2) is 4.79 Å². The number of nitrogens with one attached hydrogen (secondary N) is 1. The molecule has 0 aromatic heterocycles. The van der Waals surface area contributed by atoms with Gasteiger partial charge in [0.2, 0.25) is 0 Å². The highest BCUT2D eigenvalue weighted by Crippen LogP contribution is 2.19. The van der Waals surface area contributed by atoms with E-state index in [1.54, 1.807) is 14.2 Å². The largest absolute Gasteiger partial charge is 0.380 e. The lowest BCUT2D eigenvalue weighted by molar-refractivity contribution is -0.325. The molecule has 0 saturated carbocycles. The number of hydrogen-bond donors (Lipinski definition) is 2. The van der Waals surface area contributed by atoms with E-state index < -0.39 is 12.0 Å². The van der Waals surface area contributed by atoms with Gasteiger partial charge >= 0.3 is 6.03 Å². The zero-order chi connectivity index (χ0) is 11.7. The first-order chi connectivity index (χ1) is 7.10. The van der Waals surface area contributed by atoms with Crippen molar-refractivity contribution in [2.24, 2.45) is 5.73 Å². The summed E-state index contributed by atoms with van der Waals surface area (Å²) in [6, 6.07) is -0.501. The second-order valence-corrected chi connectivity index (χ2v) is 3.45. The normalized spacial score (nSPS) is 11.6. The molecule has 3 N–H and O–H groups in total. The summed E-state index contributed by atoms with van der Waals surface area (Å²) in [4.78, 5) is 10.4. The average Bonchev–Trinajstić information content (AvgIpc) is 2.24. The van der Waals surface area contributed by atoms with E-state index in [9.17, 15) is 4.79 Å². The van der Waals surface area contributed by atoms with Crippen LogP contribution in [0.15, 0.2) is 0 Å². The number of rotatable bonds is 8. The average molecular weight is 236 g/mol. The van der Waals surface area contributed by atoms with Crippen LogP contribution >= 0.6 is 0 Å². The Morgan fingerprint density at radius 1 is 1.40 bits per heavy atom. The van der Waals surface area contributed by atoms with E-state index in [4.69, 9.17) is 19.6 Å². The highest BCUT2D eigenvalue weighted by Gasteiger charge is 2.27. The maximum absolute atomic E-state index is 10.4. The zero-order valence-electron chi connectivity index (χ0n) is 9.54. The van der Waals surface area contributed by atoms with Crippen molar-refractivity contribution in [3.8, 4) is 0 Å². The first-order valence-electron chi connectivity index (χ1n) is 4.79. The van der Waals surface area contributed by atoms with Gasteiger partial charge in [-0.15, -0.1) is 0 Å². The van der Waals surface area contributed by atoms with E-state index in [1.165, 1.54) is 0 Å². The molecule has 0 aliphatic carbocycles. The van der Waals surface area contributed by atoms with Gasteiger partial charge in [-0.05, 0) is 12.8 Å². The topological polar surface area (TPSA) is 82.8 Å². The summed E-state index contributed by atoms with van der Waals surface area (Å²) in [7, 11) is 3.63. The molecule has 0 unspecified atom stereocenters. The summed E-state index contributed by atoms with van der Waals surface area (Å²) < 4.78 is 15.5. The third kappa shape index (κ3) is 5.73. The van der Waals surface area contributed by atoms with E-state index in [0.29, 0.717) is 23.5 Å². The highest BCUT2D eigenvalue weighted by atomic mass is 28.2. The second kappa shape index (κ2) is 7.63. The van der Waals surface area contributed by atoms with Crippen LogP contribution in [0.4, 0.5) is 4.79 Å². The van der Waals surface area contributed by atoms with Gasteiger partial charge in [0.1, 0.15) is 0 Å². The van der Waals surface area contributed by atoms with Crippen LogP contribution in [-0.4, -0.2) is 43.3 Å².